The van der Waals surface area contributed by atoms with Crippen molar-refractivity contribution >= 4 is 27.6 Å². The number of ether oxygens (including phenoxy) is 1. The van der Waals surface area contributed by atoms with Crippen LogP contribution in [0.4, 0.5) is 5.69 Å². The average Bonchev–Trinajstić information content (AvgIpc) is 3.60. The van der Waals surface area contributed by atoms with E-state index >= 15 is 0 Å². The fourth-order valence-electron chi connectivity index (χ4n) is 4.71. The molecular formula is C27H28N6O. The number of benzene rings is 3. The van der Waals surface area contributed by atoms with E-state index in [9.17, 15) is 0 Å². The van der Waals surface area contributed by atoms with Crippen molar-refractivity contribution in [1.29, 1.82) is 0 Å². The second-order valence-corrected chi connectivity index (χ2v) is 9.19. The highest BCUT2D eigenvalue weighted by molar-refractivity contribution is 5.94. The van der Waals surface area contributed by atoms with Gasteiger partial charge in [-0.3, -0.25) is 5.10 Å². The molecule has 1 aliphatic heterocycles. The van der Waals surface area contributed by atoms with Crippen molar-refractivity contribution in [3.05, 3.63) is 72.3 Å². The second kappa shape index (κ2) is 8.50. The first-order chi connectivity index (χ1) is 16.6. The van der Waals surface area contributed by atoms with Crippen molar-refractivity contribution in [2.24, 2.45) is 0 Å². The lowest BCUT2D eigenvalue weighted by Gasteiger charge is -2.21. The van der Waals surface area contributed by atoms with Crippen molar-refractivity contribution in [2.75, 3.05) is 32.1 Å². The van der Waals surface area contributed by atoms with Gasteiger partial charge in [0.2, 0.25) is 0 Å². The molecule has 3 aromatic carbocycles. The molecule has 5 aromatic rings. The zero-order chi connectivity index (χ0) is 23.1. The van der Waals surface area contributed by atoms with Crippen molar-refractivity contribution in [1.82, 2.24) is 25.1 Å². The lowest BCUT2D eigenvalue weighted by molar-refractivity contribution is 0.306. The molecule has 0 spiro atoms. The SMILES string of the molecule is CN(C)C1CCN(c2ccc3nc(-c4n[nH]c5ccc(OCc6ccccc6)cc45)[nH]c3c2)C1. The Bertz CT molecular complexity index is 1440. The molecule has 2 N–H and O–H groups in total. The van der Waals surface area contributed by atoms with Gasteiger partial charge in [-0.15, -0.1) is 0 Å². The van der Waals surface area contributed by atoms with Gasteiger partial charge in [-0.2, -0.15) is 5.10 Å². The highest BCUT2D eigenvalue weighted by Crippen LogP contribution is 2.31. The van der Waals surface area contributed by atoms with Crippen LogP contribution in [0.25, 0.3) is 33.5 Å². The number of nitrogens with one attached hydrogen (secondary N) is 2. The summed E-state index contributed by atoms with van der Waals surface area (Å²) in [6.07, 6.45) is 1.19. The highest BCUT2D eigenvalue weighted by atomic mass is 16.5. The van der Waals surface area contributed by atoms with E-state index in [-0.39, 0.29) is 0 Å². The molecule has 1 unspecified atom stereocenters. The van der Waals surface area contributed by atoms with Crippen LogP contribution in [0.5, 0.6) is 5.75 Å². The molecule has 172 valence electrons. The van der Waals surface area contributed by atoms with Crippen LogP contribution in [0.2, 0.25) is 0 Å². The first-order valence-electron chi connectivity index (χ1n) is 11.7. The molecule has 34 heavy (non-hydrogen) atoms. The maximum Gasteiger partial charge on any atom is 0.159 e. The smallest absolute Gasteiger partial charge is 0.159 e. The predicted molar refractivity (Wildman–Crippen MR) is 136 cm³/mol. The third-order valence-electron chi connectivity index (χ3n) is 6.73. The van der Waals surface area contributed by atoms with Crippen molar-refractivity contribution < 1.29 is 4.74 Å². The van der Waals surface area contributed by atoms with Gasteiger partial charge >= 0.3 is 0 Å². The lowest BCUT2D eigenvalue weighted by atomic mass is 10.2. The van der Waals surface area contributed by atoms with Crippen LogP contribution in [-0.4, -0.2) is 58.3 Å². The molecule has 6 rings (SSSR count). The zero-order valence-corrected chi connectivity index (χ0v) is 19.5. The van der Waals surface area contributed by atoms with Crippen LogP contribution in [-0.2, 0) is 6.61 Å². The number of rotatable bonds is 6. The zero-order valence-electron chi connectivity index (χ0n) is 19.5. The minimum atomic E-state index is 0.526. The number of aromatic amines is 2. The van der Waals surface area contributed by atoms with Gasteiger partial charge in [0, 0.05) is 30.2 Å². The third kappa shape index (κ3) is 3.88. The van der Waals surface area contributed by atoms with Crippen molar-refractivity contribution in [2.45, 2.75) is 19.1 Å². The topological polar surface area (TPSA) is 73.1 Å². The number of hydrogen-bond donors (Lipinski definition) is 2. The largest absolute Gasteiger partial charge is 0.489 e. The lowest BCUT2D eigenvalue weighted by Crippen LogP contribution is -2.31. The molecule has 3 heterocycles. The van der Waals surface area contributed by atoms with Crippen LogP contribution in [0.15, 0.2) is 66.7 Å². The Hall–Kier alpha value is -3.84. The normalized spacial score (nSPS) is 16.2. The van der Waals surface area contributed by atoms with Crippen LogP contribution >= 0.6 is 0 Å². The summed E-state index contributed by atoms with van der Waals surface area (Å²) in [5.41, 5.74) is 6.08. The summed E-state index contributed by atoms with van der Waals surface area (Å²) in [6.45, 7) is 2.65. The van der Waals surface area contributed by atoms with Crippen LogP contribution in [0.3, 0.4) is 0 Å². The molecule has 0 amide bonds. The van der Waals surface area contributed by atoms with Crippen LogP contribution in [0, 0.1) is 0 Å². The third-order valence-corrected chi connectivity index (χ3v) is 6.73. The van der Waals surface area contributed by atoms with E-state index in [0.29, 0.717) is 12.6 Å². The average molecular weight is 453 g/mol. The maximum absolute atomic E-state index is 6.04. The molecule has 1 atom stereocenters. The predicted octanol–water partition coefficient (Wildman–Crippen LogP) is 4.83. The van der Waals surface area contributed by atoms with E-state index in [0.717, 1.165) is 57.9 Å². The Morgan fingerprint density at radius 2 is 1.91 bits per heavy atom. The summed E-state index contributed by atoms with van der Waals surface area (Å²) in [7, 11) is 4.32. The van der Waals surface area contributed by atoms with E-state index in [2.05, 4.69) is 69.4 Å². The van der Waals surface area contributed by atoms with Gasteiger partial charge in [-0.05, 0) is 62.5 Å². The number of H-pyrrole nitrogens is 2. The fraction of sp³-hybridized carbons (Fsp3) is 0.259. The Balaban J connectivity index is 1.27. The maximum atomic E-state index is 6.04. The number of hydrogen-bond acceptors (Lipinski definition) is 5. The second-order valence-electron chi connectivity index (χ2n) is 9.19. The molecular weight excluding hydrogens is 424 g/mol. The minimum Gasteiger partial charge on any atom is -0.489 e. The number of anilines is 1. The van der Waals surface area contributed by atoms with Gasteiger partial charge in [0.05, 0.1) is 16.6 Å². The Labute approximate surface area is 198 Å². The number of imidazole rings is 1. The molecule has 1 saturated heterocycles. The van der Waals surface area contributed by atoms with E-state index in [1.807, 2.05) is 36.4 Å². The molecule has 0 aliphatic carbocycles. The number of aromatic nitrogens is 4. The first kappa shape index (κ1) is 20.7. The fourth-order valence-corrected chi connectivity index (χ4v) is 4.71. The Kier molecular flexibility index (Phi) is 5.19. The number of nitrogens with zero attached hydrogens (tertiary/aromatic N) is 4. The Morgan fingerprint density at radius 1 is 1.03 bits per heavy atom. The summed E-state index contributed by atoms with van der Waals surface area (Å²) in [4.78, 5) is 13.1. The molecule has 7 heteroatoms. The molecule has 1 fully saturated rings. The first-order valence-corrected chi connectivity index (χ1v) is 11.7. The van der Waals surface area contributed by atoms with E-state index < -0.39 is 0 Å². The quantitative estimate of drug-likeness (QED) is 0.386. The molecule has 0 saturated carbocycles. The van der Waals surface area contributed by atoms with Gasteiger partial charge in [0.1, 0.15) is 18.1 Å². The molecule has 1 aliphatic rings. The summed E-state index contributed by atoms with van der Waals surface area (Å²) in [5, 5.41) is 8.67. The molecule has 7 nitrogen and oxygen atoms in total. The summed E-state index contributed by atoms with van der Waals surface area (Å²) in [5.74, 6) is 1.56. The van der Waals surface area contributed by atoms with E-state index in [1.165, 1.54) is 12.1 Å². The van der Waals surface area contributed by atoms with Crippen LogP contribution in [0.1, 0.15) is 12.0 Å². The van der Waals surface area contributed by atoms with E-state index in [1.54, 1.807) is 0 Å². The number of fused-ring (bicyclic) bond motifs is 2. The molecule has 2 aromatic heterocycles. The summed E-state index contributed by atoms with van der Waals surface area (Å²) >= 11 is 0. The van der Waals surface area contributed by atoms with Crippen molar-refractivity contribution in [3.8, 4) is 17.3 Å². The minimum absolute atomic E-state index is 0.526. The highest BCUT2D eigenvalue weighted by Gasteiger charge is 2.24. The van der Waals surface area contributed by atoms with E-state index in [4.69, 9.17) is 9.72 Å². The Morgan fingerprint density at radius 3 is 2.74 bits per heavy atom. The molecule has 0 bridgehead atoms. The molecule has 0 radical (unpaired) electrons. The van der Waals surface area contributed by atoms with Crippen LogP contribution < -0.4 is 9.64 Å². The standard InChI is InChI=1S/C27H28N6O/c1-32(2)20-12-13-33(16-20)19-8-10-24-25(14-19)29-27(28-24)26-22-15-21(9-11-23(22)30-31-26)34-17-18-6-4-3-5-7-18/h3-11,14-15,20H,12-13,16-17H2,1-2H3,(H,28,29)(H,30,31). The monoisotopic (exact) mass is 452 g/mol. The van der Waals surface area contributed by atoms with Gasteiger partial charge in [0.25, 0.3) is 0 Å². The number of likely N-dealkylation sites (N-methyl/N-ethyl adjacent to an activating group) is 1. The van der Waals surface area contributed by atoms with Gasteiger partial charge in [0.15, 0.2) is 5.82 Å². The van der Waals surface area contributed by atoms with Gasteiger partial charge in [-0.25, -0.2) is 4.98 Å². The van der Waals surface area contributed by atoms with Crippen molar-refractivity contribution in [3.63, 3.8) is 0 Å². The summed E-state index contributed by atoms with van der Waals surface area (Å²) < 4.78 is 6.04. The van der Waals surface area contributed by atoms with Gasteiger partial charge < -0.3 is 19.5 Å². The summed E-state index contributed by atoms with van der Waals surface area (Å²) in [6, 6.07) is 23.2. The van der Waals surface area contributed by atoms with Gasteiger partial charge in [-0.1, -0.05) is 30.3 Å².